The number of thioether (sulfide) groups is 1. The second-order valence-corrected chi connectivity index (χ2v) is 6.63. The van der Waals surface area contributed by atoms with Gasteiger partial charge in [-0.1, -0.05) is 35.9 Å². The van der Waals surface area contributed by atoms with Gasteiger partial charge in [-0.15, -0.1) is 23.1 Å². The van der Waals surface area contributed by atoms with Crippen LogP contribution in [0, 0.1) is 0 Å². The van der Waals surface area contributed by atoms with Gasteiger partial charge in [-0.2, -0.15) is 0 Å². The van der Waals surface area contributed by atoms with Crippen molar-refractivity contribution in [3.05, 3.63) is 65.0 Å². The fourth-order valence-electron chi connectivity index (χ4n) is 2.13. The molecule has 0 radical (unpaired) electrons. The highest BCUT2D eigenvalue weighted by atomic mass is 35.5. The van der Waals surface area contributed by atoms with Crippen molar-refractivity contribution in [1.82, 2.24) is 0 Å². The first kappa shape index (κ1) is 13.7. The van der Waals surface area contributed by atoms with Crippen molar-refractivity contribution in [2.45, 2.75) is 4.90 Å². The molecule has 20 heavy (non-hydrogen) atoms. The van der Waals surface area contributed by atoms with Gasteiger partial charge in [-0.3, -0.25) is 0 Å². The molecule has 1 heterocycles. The van der Waals surface area contributed by atoms with Crippen LogP contribution < -0.4 is 0 Å². The van der Waals surface area contributed by atoms with E-state index in [1.165, 1.54) is 26.5 Å². The molecule has 0 nitrogen and oxygen atoms in total. The summed E-state index contributed by atoms with van der Waals surface area (Å²) in [5.74, 6) is 0. The normalized spacial score (nSPS) is 10.7. The minimum atomic E-state index is 0.774. The second-order valence-electron chi connectivity index (χ2n) is 4.40. The Hall–Kier alpha value is -1.22. The SMILES string of the molecule is CSc1ccc(-c2ccsc2-c2ccc(Cl)cc2)cc1. The highest BCUT2D eigenvalue weighted by Crippen LogP contribution is 2.37. The molecule has 0 fully saturated rings. The molecule has 0 amide bonds. The van der Waals surface area contributed by atoms with Gasteiger partial charge in [-0.25, -0.2) is 0 Å². The van der Waals surface area contributed by atoms with E-state index in [-0.39, 0.29) is 0 Å². The molecule has 0 aliphatic carbocycles. The molecule has 0 aliphatic heterocycles. The van der Waals surface area contributed by atoms with Crippen molar-refractivity contribution in [3.8, 4) is 21.6 Å². The van der Waals surface area contributed by atoms with Gasteiger partial charge >= 0.3 is 0 Å². The minimum absolute atomic E-state index is 0.774. The van der Waals surface area contributed by atoms with Gasteiger partial charge in [0.15, 0.2) is 0 Å². The van der Waals surface area contributed by atoms with E-state index < -0.39 is 0 Å². The average molecular weight is 317 g/mol. The van der Waals surface area contributed by atoms with E-state index in [1.54, 1.807) is 23.1 Å². The van der Waals surface area contributed by atoms with Gasteiger partial charge in [0.05, 0.1) is 0 Å². The van der Waals surface area contributed by atoms with E-state index in [2.05, 4.69) is 54.1 Å². The topological polar surface area (TPSA) is 0 Å². The maximum atomic E-state index is 5.96. The van der Waals surface area contributed by atoms with Gasteiger partial charge in [0.2, 0.25) is 0 Å². The first-order valence-corrected chi connectivity index (χ1v) is 8.74. The molecule has 0 spiro atoms. The maximum Gasteiger partial charge on any atom is 0.0421 e. The molecule has 1 aromatic heterocycles. The second kappa shape index (κ2) is 6.04. The molecule has 0 bridgehead atoms. The summed E-state index contributed by atoms with van der Waals surface area (Å²) in [6.07, 6.45) is 2.10. The van der Waals surface area contributed by atoms with Crippen LogP contribution in [0.4, 0.5) is 0 Å². The van der Waals surface area contributed by atoms with Gasteiger partial charge in [0.1, 0.15) is 0 Å². The monoisotopic (exact) mass is 316 g/mol. The molecule has 3 heteroatoms. The molecule has 3 aromatic rings. The lowest BCUT2D eigenvalue weighted by molar-refractivity contribution is 1.47. The maximum absolute atomic E-state index is 5.96. The third-order valence-corrected chi connectivity index (χ3v) is 5.13. The molecule has 0 unspecified atom stereocenters. The van der Waals surface area contributed by atoms with Crippen molar-refractivity contribution in [1.29, 1.82) is 0 Å². The third-order valence-electron chi connectivity index (χ3n) is 3.17. The van der Waals surface area contributed by atoms with Crippen molar-refractivity contribution in [2.75, 3.05) is 6.26 Å². The third kappa shape index (κ3) is 2.78. The van der Waals surface area contributed by atoms with Crippen LogP contribution in [0.25, 0.3) is 21.6 Å². The quantitative estimate of drug-likeness (QED) is 0.500. The smallest absolute Gasteiger partial charge is 0.0421 e. The van der Waals surface area contributed by atoms with E-state index in [4.69, 9.17) is 11.6 Å². The number of benzene rings is 2. The van der Waals surface area contributed by atoms with E-state index >= 15 is 0 Å². The minimum Gasteiger partial charge on any atom is -0.143 e. The lowest BCUT2D eigenvalue weighted by Crippen LogP contribution is -1.79. The van der Waals surface area contributed by atoms with Gasteiger partial charge in [0.25, 0.3) is 0 Å². The Balaban J connectivity index is 2.02. The summed E-state index contributed by atoms with van der Waals surface area (Å²) in [5.41, 5.74) is 3.76. The molecule has 0 N–H and O–H groups in total. The zero-order chi connectivity index (χ0) is 13.9. The fourth-order valence-corrected chi connectivity index (χ4v) is 3.59. The summed E-state index contributed by atoms with van der Waals surface area (Å²) in [5, 5.41) is 2.91. The first-order valence-electron chi connectivity index (χ1n) is 6.26. The lowest BCUT2D eigenvalue weighted by Gasteiger charge is -2.05. The molecule has 100 valence electrons. The summed E-state index contributed by atoms with van der Waals surface area (Å²) in [4.78, 5) is 2.58. The summed E-state index contributed by atoms with van der Waals surface area (Å²) in [6, 6.07) is 18.9. The number of halogens is 1. The Morgan fingerprint density at radius 3 is 2.15 bits per heavy atom. The average Bonchev–Trinajstić information content (AvgIpc) is 2.97. The summed E-state index contributed by atoms with van der Waals surface area (Å²) < 4.78 is 0. The van der Waals surface area contributed by atoms with Crippen LogP contribution in [0.5, 0.6) is 0 Å². The Morgan fingerprint density at radius 2 is 1.50 bits per heavy atom. The van der Waals surface area contributed by atoms with E-state index in [9.17, 15) is 0 Å². The van der Waals surface area contributed by atoms with Crippen LogP contribution in [0.3, 0.4) is 0 Å². The van der Waals surface area contributed by atoms with Crippen molar-refractivity contribution < 1.29 is 0 Å². The van der Waals surface area contributed by atoms with Gasteiger partial charge in [0, 0.05) is 20.4 Å². The molecular weight excluding hydrogens is 304 g/mol. The molecule has 0 saturated carbocycles. The van der Waals surface area contributed by atoms with Crippen molar-refractivity contribution in [2.24, 2.45) is 0 Å². The van der Waals surface area contributed by atoms with E-state index in [1.807, 2.05) is 12.1 Å². The molecular formula is C17H13ClS2. The Labute approximate surface area is 132 Å². The van der Waals surface area contributed by atoms with Crippen LogP contribution in [-0.4, -0.2) is 6.26 Å². The predicted octanol–water partition coefficient (Wildman–Crippen LogP) is 6.46. The predicted molar refractivity (Wildman–Crippen MR) is 92.0 cm³/mol. The van der Waals surface area contributed by atoms with Gasteiger partial charge < -0.3 is 0 Å². The number of hydrogen-bond donors (Lipinski definition) is 0. The van der Waals surface area contributed by atoms with Crippen LogP contribution in [0.2, 0.25) is 5.02 Å². The zero-order valence-electron chi connectivity index (χ0n) is 11.0. The number of hydrogen-bond acceptors (Lipinski definition) is 2. The lowest BCUT2D eigenvalue weighted by atomic mass is 10.0. The van der Waals surface area contributed by atoms with Crippen LogP contribution in [0.1, 0.15) is 0 Å². The van der Waals surface area contributed by atoms with Gasteiger partial charge in [-0.05, 0) is 53.1 Å². The highest BCUT2D eigenvalue weighted by Gasteiger charge is 2.09. The molecule has 0 atom stereocenters. The van der Waals surface area contributed by atoms with Crippen LogP contribution >= 0.6 is 34.7 Å². The van der Waals surface area contributed by atoms with E-state index in [0.717, 1.165) is 5.02 Å². The molecule has 2 aromatic carbocycles. The molecule has 3 rings (SSSR count). The van der Waals surface area contributed by atoms with Crippen LogP contribution in [0.15, 0.2) is 64.9 Å². The van der Waals surface area contributed by atoms with E-state index in [0.29, 0.717) is 0 Å². The standard InChI is InChI=1S/C17H13ClS2/c1-19-15-8-4-12(5-9-15)16-10-11-20-17(16)13-2-6-14(18)7-3-13/h2-11H,1H3. The van der Waals surface area contributed by atoms with Crippen LogP contribution in [-0.2, 0) is 0 Å². The van der Waals surface area contributed by atoms with Crippen molar-refractivity contribution in [3.63, 3.8) is 0 Å². The largest absolute Gasteiger partial charge is 0.143 e. The highest BCUT2D eigenvalue weighted by molar-refractivity contribution is 7.98. The fraction of sp³-hybridized carbons (Fsp3) is 0.0588. The Bertz CT molecular complexity index is 697. The van der Waals surface area contributed by atoms with Crippen molar-refractivity contribution >= 4 is 34.7 Å². The number of thiophene rings is 1. The summed E-state index contributed by atoms with van der Waals surface area (Å²) >= 11 is 9.49. The Kier molecular flexibility index (Phi) is 4.16. The molecule has 0 aliphatic rings. The first-order chi connectivity index (χ1) is 9.78. The zero-order valence-corrected chi connectivity index (χ0v) is 13.4. The molecule has 0 saturated heterocycles. The summed E-state index contributed by atoms with van der Waals surface area (Å²) in [6.45, 7) is 0. The Morgan fingerprint density at radius 1 is 0.850 bits per heavy atom. The summed E-state index contributed by atoms with van der Waals surface area (Å²) in [7, 11) is 0. The number of rotatable bonds is 3.